The number of aryl methyl sites for hydroxylation is 2. The van der Waals surface area contributed by atoms with Crippen LogP contribution in [0.4, 0.5) is 28.9 Å². The lowest BCUT2D eigenvalue weighted by Gasteiger charge is -2.16. The van der Waals surface area contributed by atoms with E-state index in [2.05, 4.69) is 26.1 Å². The number of halogens is 7. The van der Waals surface area contributed by atoms with Crippen molar-refractivity contribution < 1.29 is 41.8 Å². The average molecular weight is 916 g/mol. The van der Waals surface area contributed by atoms with Crippen LogP contribution in [0.3, 0.4) is 0 Å². The van der Waals surface area contributed by atoms with Gasteiger partial charge >= 0.3 is 5.97 Å². The smallest absolute Gasteiger partial charge is 0.354 e. The van der Waals surface area contributed by atoms with Crippen LogP contribution in [0, 0.1) is 23.3 Å². The lowest BCUT2D eigenvalue weighted by Crippen LogP contribution is -2.29. The Kier molecular flexibility index (Phi) is 15.1. The van der Waals surface area contributed by atoms with Crippen molar-refractivity contribution in [2.45, 2.75) is 37.8 Å². The van der Waals surface area contributed by atoms with Crippen molar-refractivity contribution >= 4 is 70.7 Å². The molecule has 13 nitrogen and oxygen atoms in total. The second-order valence-corrected chi connectivity index (χ2v) is 14.6. The first kappa shape index (κ1) is 46.8. The molecule has 0 unspecified atom stereocenters. The molecule has 20 heteroatoms. The molecule has 0 aliphatic heterocycles. The molecular weight excluding hydrogens is 879 g/mol. The molecule has 0 saturated heterocycles. The molecule has 4 aromatic carbocycles. The minimum Gasteiger partial charge on any atom is -0.477 e. The van der Waals surface area contributed by atoms with Crippen molar-refractivity contribution in [2.75, 3.05) is 10.6 Å². The molecule has 6 N–H and O–H groups in total. The third-order valence-electron chi connectivity index (χ3n) is 9.96. The quantitative estimate of drug-likeness (QED) is 0.0989. The number of rotatable bonds is 7. The predicted octanol–water partition coefficient (Wildman–Crippen LogP) is 8.38. The number of aromatic nitrogens is 4. The zero-order chi connectivity index (χ0) is 44.1. The molecule has 2 atom stereocenters. The van der Waals surface area contributed by atoms with Crippen molar-refractivity contribution in [3.8, 4) is 0 Å². The van der Waals surface area contributed by atoms with Gasteiger partial charge in [-0.1, -0.05) is 23.2 Å². The number of nitrogens with zero attached hydrogens (tertiary/aromatic N) is 4. The maximum absolute atomic E-state index is 14.6. The van der Waals surface area contributed by atoms with E-state index < -0.39 is 41.3 Å². The van der Waals surface area contributed by atoms with Crippen molar-refractivity contribution in [1.29, 1.82) is 0 Å². The van der Waals surface area contributed by atoms with E-state index in [0.29, 0.717) is 76.1 Å². The number of amides is 3. The molecule has 6 aromatic rings. The van der Waals surface area contributed by atoms with Crippen LogP contribution in [0.5, 0.6) is 0 Å². The fourth-order valence-electron chi connectivity index (χ4n) is 6.99. The van der Waals surface area contributed by atoms with Gasteiger partial charge in [0.05, 0.1) is 16.1 Å². The second-order valence-electron chi connectivity index (χ2n) is 13.8. The normalized spacial score (nSPS) is 14.5. The Morgan fingerprint density at radius 2 is 1.11 bits per heavy atom. The number of carboxylic acids is 1. The van der Waals surface area contributed by atoms with Gasteiger partial charge in [-0.2, -0.15) is 10.2 Å². The zero-order valence-corrected chi connectivity index (χ0v) is 35.0. The molecule has 0 fully saturated rings. The van der Waals surface area contributed by atoms with Crippen LogP contribution < -0.4 is 21.7 Å². The first-order valence-corrected chi connectivity index (χ1v) is 19.2. The van der Waals surface area contributed by atoms with Crippen molar-refractivity contribution in [3.63, 3.8) is 0 Å². The fourth-order valence-corrected chi connectivity index (χ4v) is 7.35. The van der Waals surface area contributed by atoms with Crippen LogP contribution in [0.1, 0.15) is 88.9 Å². The van der Waals surface area contributed by atoms with E-state index >= 15 is 0 Å². The zero-order valence-electron chi connectivity index (χ0n) is 32.7. The van der Waals surface area contributed by atoms with Gasteiger partial charge in [-0.3, -0.25) is 23.7 Å². The molecule has 2 aliphatic carbocycles. The third-order valence-corrected chi connectivity index (χ3v) is 10.5. The van der Waals surface area contributed by atoms with Gasteiger partial charge in [0.15, 0.2) is 0 Å². The monoisotopic (exact) mass is 914 g/mol. The van der Waals surface area contributed by atoms with Gasteiger partial charge in [0.1, 0.15) is 34.7 Å². The number of anilines is 2. The first-order valence-electron chi connectivity index (χ1n) is 18.4. The summed E-state index contributed by atoms with van der Waals surface area (Å²) in [7, 11) is 3.23. The molecule has 2 aromatic heterocycles. The predicted molar refractivity (Wildman–Crippen MR) is 226 cm³/mol. The highest BCUT2D eigenvalue weighted by Gasteiger charge is 2.32. The highest BCUT2D eigenvalue weighted by molar-refractivity contribution is 6.31. The summed E-state index contributed by atoms with van der Waals surface area (Å²) in [5.41, 5.74) is 9.68. The number of carbonyl (C=O) groups is 4. The number of carbonyl (C=O) groups excluding carboxylic acids is 3. The number of fused-ring (bicyclic) bond motifs is 2. The molecule has 2 aliphatic rings. The number of nitrogens with two attached hydrogens (primary N) is 1. The molecule has 324 valence electrons. The van der Waals surface area contributed by atoms with Crippen molar-refractivity contribution in [3.05, 3.63) is 163 Å². The summed E-state index contributed by atoms with van der Waals surface area (Å²) < 4.78 is 57.7. The number of hydrogen-bond donors (Lipinski definition) is 5. The summed E-state index contributed by atoms with van der Waals surface area (Å²) in [5, 5.41) is 23.9. The molecule has 62 heavy (non-hydrogen) atoms. The van der Waals surface area contributed by atoms with Crippen LogP contribution in [-0.4, -0.2) is 48.4 Å². The molecule has 0 radical (unpaired) electrons. The molecule has 0 bridgehead atoms. The van der Waals surface area contributed by atoms with Gasteiger partial charge in [-0.25, -0.2) is 22.4 Å². The summed E-state index contributed by atoms with van der Waals surface area (Å²) >= 11 is 11.4. The third kappa shape index (κ3) is 10.4. The topological polar surface area (TPSA) is 186 Å². The van der Waals surface area contributed by atoms with E-state index in [1.165, 1.54) is 82.4 Å². The number of hydrogen-bond acceptors (Lipinski definition) is 7. The highest BCUT2D eigenvalue weighted by atomic mass is 35.5. The maximum atomic E-state index is 14.6. The molecule has 0 spiro atoms. The molecule has 2 heterocycles. The van der Waals surface area contributed by atoms with Gasteiger partial charge in [-0.15, -0.1) is 12.4 Å². The summed E-state index contributed by atoms with van der Waals surface area (Å²) in [6.07, 6.45) is 5.00. The maximum Gasteiger partial charge on any atom is 0.354 e. The van der Waals surface area contributed by atoms with Gasteiger partial charge < -0.3 is 26.8 Å². The summed E-state index contributed by atoms with van der Waals surface area (Å²) in [6, 6.07) is 15.1. The standard InChI is InChI=1S/C21H17ClF2N4O2.C16H13ClF2N2O.C5H6N2O2.ClH/c1-28-18(8-9-25-28)21(30)27-17-7-4-12-13(3-6-16(24)19(12)17)20(29)26-11-2-5-15(23)14(22)10-11;17-11-7-8(1-4-12(11)18)21-16(22)10-2-5-13(19)15-9(10)3-6-14(15)20;1-7-4(5(8)9)2-3-6-7;/h2-3,5-6,8-10,17H,4,7H2,1H3,(H,26,29)(H,27,30);1-2,4-5,7,14H,3,6,20H2,(H,21,22);2-3H,1H3,(H,8,9);1H/t17-;14-;;/m00../s1. The van der Waals surface area contributed by atoms with Crippen LogP contribution >= 0.6 is 35.6 Å². The highest BCUT2D eigenvalue weighted by Crippen LogP contribution is 2.37. The molecule has 8 rings (SSSR count). The van der Waals surface area contributed by atoms with Crippen LogP contribution in [0.15, 0.2) is 85.2 Å². The van der Waals surface area contributed by atoms with E-state index in [4.69, 9.17) is 34.0 Å². The first-order chi connectivity index (χ1) is 29.0. The SMILES string of the molecule is Cl.Cn1nccc1C(=O)N[C@H]1CCc2c(C(=O)Nc3ccc(F)c(Cl)c3)ccc(F)c21.Cn1nccc1C(=O)O.N[C@H]1CCc2c(C(=O)Nc3ccc(F)c(Cl)c3)ccc(F)c21. The van der Waals surface area contributed by atoms with Gasteiger partial charge in [0, 0.05) is 66.2 Å². The van der Waals surface area contributed by atoms with Crippen LogP contribution in [0.2, 0.25) is 10.0 Å². The minimum absolute atomic E-state index is 0. The van der Waals surface area contributed by atoms with Crippen LogP contribution in [0.25, 0.3) is 0 Å². The molecular formula is C42H37Cl3F4N8O5. The number of nitrogens with one attached hydrogen (secondary N) is 3. The summed E-state index contributed by atoms with van der Waals surface area (Å²) in [6.45, 7) is 0. The number of benzene rings is 4. The summed E-state index contributed by atoms with van der Waals surface area (Å²) in [4.78, 5) is 47.9. The number of aromatic carboxylic acids is 1. The van der Waals surface area contributed by atoms with E-state index in [1.54, 1.807) is 20.2 Å². The lowest BCUT2D eigenvalue weighted by molar-refractivity contribution is 0.0684. The summed E-state index contributed by atoms with van der Waals surface area (Å²) in [5.74, 6) is -4.21. The van der Waals surface area contributed by atoms with E-state index in [1.807, 2.05) is 0 Å². The Hall–Kier alpha value is -6.27. The molecule has 3 amide bonds. The second kappa shape index (κ2) is 20.1. The Balaban J connectivity index is 0.000000198. The lowest BCUT2D eigenvalue weighted by atomic mass is 10.0. The van der Waals surface area contributed by atoms with E-state index in [0.717, 1.165) is 6.07 Å². The largest absolute Gasteiger partial charge is 0.477 e. The Morgan fingerprint density at radius 1 is 0.661 bits per heavy atom. The van der Waals surface area contributed by atoms with E-state index in [-0.39, 0.29) is 45.9 Å². The molecule has 0 saturated carbocycles. The Morgan fingerprint density at radius 3 is 1.56 bits per heavy atom. The van der Waals surface area contributed by atoms with Crippen LogP contribution in [-0.2, 0) is 26.9 Å². The Bertz CT molecular complexity index is 2680. The van der Waals surface area contributed by atoms with Gasteiger partial charge in [-0.05, 0) is 110 Å². The van der Waals surface area contributed by atoms with Gasteiger partial charge in [0.25, 0.3) is 17.7 Å². The minimum atomic E-state index is -0.949. The van der Waals surface area contributed by atoms with E-state index in [9.17, 15) is 36.7 Å². The number of carboxylic acid groups (broad SMARTS) is 1. The Labute approximate surface area is 367 Å². The fraction of sp³-hybridized carbons (Fsp3) is 0.190. The van der Waals surface area contributed by atoms with Crippen molar-refractivity contribution in [1.82, 2.24) is 24.9 Å². The van der Waals surface area contributed by atoms with Gasteiger partial charge in [0.2, 0.25) is 0 Å². The average Bonchev–Trinajstić information content (AvgIpc) is 4.03. The van der Waals surface area contributed by atoms with Crippen molar-refractivity contribution in [2.24, 2.45) is 19.8 Å².